The van der Waals surface area contributed by atoms with E-state index in [0.29, 0.717) is 28.0 Å². The molecule has 7 heteroatoms. The first kappa shape index (κ1) is 15.3. The van der Waals surface area contributed by atoms with Gasteiger partial charge in [-0.15, -0.1) is 10.2 Å². The minimum absolute atomic E-state index is 0.168. The summed E-state index contributed by atoms with van der Waals surface area (Å²) in [6.45, 7) is 3.55. The maximum Gasteiger partial charge on any atom is 0.287 e. The van der Waals surface area contributed by atoms with Crippen LogP contribution in [0, 0.1) is 12.7 Å². The van der Waals surface area contributed by atoms with Gasteiger partial charge in [0.15, 0.2) is 17.2 Å². The van der Waals surface area contributed by atoms with E-state index in [1.807, 2.05) is 35.7 Å². The minimum Gasteiger partial charge on any atom is -0.451 e. The van der Waals surface area contributed by atoms with Crippen molar-refractivity contribution in [3.63, 3.8) is 0 Å². The van der Waals surface area contributed by atoms with Crippen LogP contribution in [-0.2, 0) is 0 Å². The Morgan fingerprint density at radius 3 is 2.96 bits per heavy atom. The Morgan fingerprint density at radius 2 is 2.12 bits per heavy atom. The first-order chi connectivity index (χ1) is 12.0. The number of aryl methyl sites for hydroxylation is 1. The van der Waals surface area contributed by atoms with Crippen molar-refractivity contribution in [3.05, 3.63) is 65.6 Å². The summed E-state index contributed by atoms with van der Waals surface area (Å²) in [6.07, 6.45) is 1.84. The highest BCUT2D eigenvalue weighted by atomic mass is 19.1. The van der Waals surface area contributed by atoms with Gasteiger partial charge in [-0.1, -0.05) is 6.07 Å². The molecule has 1 N–H and O–H groups in total. The van der Waals surface area contributed by atoms with Gasteiger partial charge in [0, 0.05) is 17.1 Å². The van der Waals surface area contributed by atoms with Gasteiger partial charge in [-0.25, -0.2) is 4.39 Å². The van der Waals surface area contributed by atoms with E-state index in [1.165, 1.54) is 18.2 Å². The van der Waals surface area contributed by atoms with Crippen molar-refractivity contribution < 1.29 is 13.6 Å². The predicted octanol–water partition coefficient (Wildman–Crippen LogP) is 3.41. The fourth-order valence-electron chi connectivity index (χ4n) is 2.89. The third-order valence-electron chi connectivity index (χ3n) is 4.18. The van der Waals surface area contributed by atoms with Crippen LogP contribution < -0.4 is 5.32 Å². The normalized spacial score (nSPS) is 12.6. The molecule has 0 spiro atoms. The number of amides is 1. The van der Waals surface area contributed by atoms with E-state index in [4.69, 9.17) is 4.42 Å². The number of fused-ring (bicyclic) bond motifs is 2. The molecule has 1 aromatic carbocycles. The molecule has 0 aliphatic heterocycles. The highest BCUT2D eigenvalue weighted by Gasteiger charge is 2.22. The van der Waals surface area contributed by atoms with Crippen LogP contribution in [0.1, 0.15) is 34.9 Å². The summed E-state index contributed by atoms with van der Waals surface area (Å²) in [5.41, 5.74) is 1.78. The molecule has 0 saturated carbocycles. The molecule has 0 saturated heterocycles. The molecule has 1 atom stereocenters. The van der Waals surface area contributed by atoms with Crippen molar-refractivity contribution in [2.24, 2.45) is 0 Å². The number of hydrogen-bond acceptors (Lipinski definition) is 4. The SMILES string of the molecule is Cc1c(C(=O)NC(C)c2nnc3ccccn23)oc2ccc(F)cc12. The van der Waals surface area contributed by atoms with Crippen molar-refractivity contribution >= 4 is 22.5 Å². The average Bonchev–Trinajstić information content (AvgIpc) is 3.17. The lowest BCUT2D eigenvalue weighted by molar-refractivity contribution is 0.0911. The van der Waals surface area contributed by atoms with Crippen LogP contribution in [0.4, 0.5) is 4.39 Å². The van der Waals surface area contributed by atoms with E-state index in [9.17, 15) is 9.18 Å². The number of halogens is 1. The number of benzene rings is 1. The van der Waals surface area contributed by atoms with E-state index in [1.54, 1.807) is 6.92 Å². The molecule has 0 fully saturated rings. The van der Waals surface area contributed by atoms with Crippen LogP contribution in [0.3, 0.4) is 0 Å². The summed E-state index contributed by atoms with van der Waals surface area (Å²) in [6, 6.07) is 9.38. The van der Waals surface area contributed by atoms with Gasteiger partial charge in [-0.2, -0.15) is 0 Å². The second-order valence-electron chi connectivity index (χ2n) is 5.88. The van der Waals surface area contributed by atoms with Gasteiger partial charge in [0.05, 0.1) is 6.04 Å². The fraction of sp³-hybridized carbons (Fsp3) is 0.167. The van der Waals surface area contributed by atoms with Crippen molar-refractivity contribution in [2.45, 2.75) is 19.9 Å². The standard InChI is InChI=1S/C18H15FN4O2/c1-10-13-9-12(19)6-7-14(13)25-16(10)18(24)20-11(2)17-22-21-15-5-3-4-8-23(15)17/h3-9,11H,1-2H3,(H,20,24). The van der Waals surface area contributed by atoms with Crippen molar-refractivity contribution in [3.8, 4) is 0 Å². The quantitative estimate of drug-likeness (QED) is 0.621. The Labute approximate surface area is 142 Å². The minimum atomic E-state index is -0.380. The predicted molar refractivity (Wildman–Crippen MR) is 89.8 cm³/mol. The fourth-order valence-corrected chi connectivity index (χ4v) is 2.89. The summed E-state index contributed by atoms with van der Waals surface area (Å²) < 4.78 is 20.8. The number of pyridine rings is 1. The number of nitrogens with zero attached hydrogens (tertiary/aromatic N) is 3. The second kappa shape index (κ2) is 5.70. The largest absolute Gasteiger partial charge is 0.451 e. The Kier molecular flexibility index (Phi) is 3.49. The Hall–Kier alpha value is -3.22. The molecule has 1 unspecified atom stereocenters. The second-order valence-corrected chi connectivity index (χ2v) is 5.88. The van der Waals surface area contributed by atoms with Crippen LogP contribution in [0.25, 0.3) is 16.6 Å². The zero-order chi connectivity index (χ0) is 17.6. The number of rotatable bonds is 3. The summed E-state index contributed by atoms with van der Waals surface area (Å²) in [5, 5.41) is 11.7. The van der Waals surface area contributed by atoms with Crippen LogP contribution in [0.2, 0.25) is 0 Å². The molecule has 25 heavy (non-hydrogen) atoms. The van der Waals surface area contributed by atoms with E-state index < -0.39 is 0 Å². The van der Waals surface area contributed by atoms with E-state index >= 15 is 0 Å². The average molecular weight is 338 g/mol. The van der Waals surface area contributed by atoms with Crippen molar-refractivity contribution in [1.82, 2.24) is 19.9 Å². The van der Waals surface area contributed by atoms with Gasteiger partial charge in [0.1, 0.15) is 11.4 Å². The zero-order valence-corrected chi connectivity index (χ0v) is 13.7. The molecule has 3 heterocycles. The maximum absolute atomic E-state index is 13.4. The third-order valence-corrected chi connectivity index (χ3v) is 4.18. The lowest BCUT2D eigenvalue weighted by Gasteiger charge is -2.11. The van der Waals surface area contributed by atoms with Gasteiger partial charge < -0.3 is 9.73 Å². The van der Waals surface area contributed by atoms with Crippen LogP contribution in [0.15, 0.2) is 47.0 Å². The monoisotopic (exact) mass is 338 g/mol. The molecule has 4 rings (SSSR count). The van der Waals surface area contributed by atoms with E-state index in [2.05, 4.69) is 15.5 Å². The Balaban J connectivity index is 1.64. The summed E-state index contributed by atoms with van der Waals surface area (Å²) in [5.74, 6) is 0.0333. The molecule has 0 aliphatic carbocycles. The van der Waals surface area contributed by atoms with Gasteiger partial charge in [-0.05, 0) is 44.2 Å². The first-order valence-electron chi connectivity index (χ1n) is 7.84. The number of carbonyl (C=O) groups excluding carboxylic acids is 1. The Bertz CT molecular complexity index is 1100. The van der Waals surface area contributed by atoms with E-state index in [0.717, 1.165) is 0 Å². The lowest BCUT2D eigenvalue weighted by Crippen LogP contribution is -2.28. The van der Waals surface area contributed by atoms with Gasteiger partial charge >= 0.3 is 0 Å². The number of nitrogens with one attached hydrogen (secondary N) is 1. The smallest absolute Gasteiger partial charge is 0.287 e. The van der Waals surface area contributed by atoms with Gasteiger partial charge in [0.2, 0.25) is 0 Å². The molecule has 4 aromatic rings. The molecule has 6 nitrogen and oxygen atoms in total. The molecular formula is C18H15FN4O2. The summed E-state index contributed by atoms with van der Waals surface area (Å²) in [7, 11) is 0. The zero-order valence-electron chi connectivity index (χ0n) is 13.7. The first-order valence-corrected chi connectivity index (χ1v) is 7.84. The van der Waals surface area contributed by atoms with Gasteiger partial charge in [0.25, 0.3) is 5.91 Å². The molecule has 3 aromatic heterocycles. The molecule has 0 aliphatic rings. The number of hydrogen-bond donors (Lipinski definition) is 1. The highest BCUT2D eigenvalue weighted by Crippen LogP contribution is 2.26. The topological polar surface area (TPSA) is 72.4 Å². The lowest BCUT2D eigenvalue weighted by atomic mass is 10.1. The summed E-state index contributed by atoms with van der Waals surface area (Å²) >= 11 is 0. The van der Waals surface area contributed by atoms with Crippen molar-refractivity contribution in [2.75, 3.05) is 0 Å². The number of carbonyl (C=O) groups is 1. The van der Waals surface area contributed by atoms with Crippen molar-refractivity contribution in [1.29, 1.82) is 0 Å². The summed E-state index contributed by atoms with van der Waals surface area (Å²) in [4.78, 5) is 12.6. The van der Waals surface area contributed by atoms with Crippen LogP contribution >= 0.6 is 0 Å². The Morgan fingerprint density at radius 1 is 1.28 bits per heavy atom. The molecule has 0 radical (unpaired) electrons. The highest BCUT2D eigenvalue weighted by molar-refractivity contribution is 5.99. The maximum atomic E-state index is 13.4. The molecular weight excluding hydrogens is 323 g/mol. The van der Waals surface area contributed by atoms with E-state index in [-0.39, 0.29) is 23.5 Å². The van der Waals surface area contributed by atoms with Gasteiger partial charge in [-0.3, -0.25) is 9.20 Å². The third kappa shape index (κ3) is 2.53. The molecule has 1 amide bonds. The molecule has 126 valence electrons. The number of furan rings is 1. The molecule has 0 bridgehead atoms. The van der Waals surface area contributed by atoms with Crippen LogP contribution in [0.5, 0.6) is 0 Å². The van der Waals surface area contributed by atoms with Crippen LogP contribution in [-0.4, -0.2) is 20.5 Å². The number of aromatic nitrogens is 3.